The van der Waals surface area contributed by atoms with E-state index in [0.29, 0.717) is 61.9 Å². The Morgan fingerprint density at radius 1 is 1.08 bits per heavy atom. The molecule has 0 spiro atoms. The summed E-state index contributed by atoms with van der Waals surface area (Å²) < 4.78 is 30.8. The summed E-state index contributed by atoms with van der Waals surface area (Å²) >= 11 is 1.54. The molecule has 2 N–H and O–H groups in total. The summed E-state index contributed by atoms with van der Waals surface area (Å²) in [6.45, 7) is 2.62. The zero-order valence-electron chi connectivity index (χ0n) is 28.2. The molecule has 264 valence electrons. The lowest BCUT2D eigenvalue weighted by atomic mass is 10.0. The Balaban J connectivity index is 0.971. The topological polar surface area (TPSA) is 148 Å². The third-order valence-electron chi connectivity index (χ3n) is 9.17. The number of ether oxygens (including phenoxy) is 3. The minimum absolute atomic E-state index is 0.00103. The number of amides is 2. The molecular formula is C36H37FN8O5S. The van der Waals surface area contributed by atoms with Gasteiger partial charge >= 0.3 is 0 Å². The van der Waals surface area contributed by atoms with Crippen LogP contribution in [0.2, 0.25) is 0 Å². The molecule has 2 aliphatic heterocycles. The van der Waals surface area contributed by atoms with Crippen molar-refractivity contribution in [3.8, 4) is 27.7 Å². The zero-order chi connectivity index (χ0) is 35.4. The maximum Gasteiger partial charge on any atom is 0.258 e. The Morgan fingerprint density at radius 2 is 1.94 bits per heavy atom. The maximum absolute atomic E-state index is 14.4. The third-order valence-corrected chi connectivity index (χ3v) is 10.2. The number of benzene rings is 2. The van der Waals surface area contributed by atoms with Crippen LogP contribution in [-0.4, -0.2) is 113 Å². The van der Waals surface area contributed by atoms with E-state index in [1.165, 1.54) is 13.2 Å². The molecule has 15 heteroatoms. The number of aromatic amines is 1. The van der Waals surface area contributed by atoms with Gasteiger partial charge in [0.25, 0.3) is 5.91 Å². The lowest BCUT2D eigenvalue weighted by molar-refractivity contribution is -0.138. The molecule has 3 aromatic heterocycles. The fourth-order valence-corrected chi connectivity index (χ4v) is 7.26. The standard InChI is InChI=1S/C36H37FN8O5S/c1-48-16-17-50-29-18-24(4-6-27(29)37)32-26-19-25(5-7-28(26)42-43-32)41-35(47)36(49-2)10-15-44(22-36)21-31(46)45-13-8-23(9-14-45)34-40-20-30(51-34)33-38-11-3-12-39-33/h3-8,11-12,18-20H,9-10,13-17,21-22H2,1-2H3,(H,41,47)(H,42,43)/t36-/m0/s1. The quantitative estimate of drug-likeness (QED) is 0.175. The highest BCUT2D eigenvalue weighted by Gasteiger charge is 2.45. The van der Waals surface area contributed by atoms with E-state index in [4.69, 9.17) is 14.2 Å². The molecule has 1 saturated heterocycles. The number of nitrogens with zero attached hydrogens (tertiary/aromatic N) is 6. The first-order valence-corrected chi connectivity index (χ1v) is 17.4. The number of methoxy groups -OCH3 is 2. The Kier molecular flexibility index (Phi) is 10.1. The molecule has 0 aliphatic carbocycles. The van der Waals surface area contributed by atoms with Gasteiger partial charge in [-0.1, -0.05) is 6.08 Å². The van der Waals surface area contributed by atoms with Gasteiger partial charge in [-0.05, 0) is 60.9 Å². The minimum Gasteiger partial charge on any atom is -0.488 e. The molecule has 0 bridgehead atoms. The van der Waals surface area contributed by atoms with Crippen molar-refractivity contribution in [1.29, 1.82) is 0 Å². The SMILES string of the molecule is COCCOc1cc(-c2n[nH]c3ccc(NC(=O)[C@]4(OC)CCN(CC(=O)N5CC=C(c6ncc(-c7ncccn7)s6)CC5)C4)cc23)ccc1F. The van der Waals surface area contributed by atoms with Crippen LogP contribution in [0.3, 0.4) is 0 Å². The predicted octanol–water partition coefficient (Wildman–Crippen LogP) is 4.65. The van der Waals surface area contributed by atoms with Crippen molar-refractivity contribution in [1.82, 2.24) is 34.9 Å². The van der Waals surface area contributed by atoms with Gasteiger partial charge in [0.15, 0.2) is 23.0 Å². The van der Waals surface area contributed by atoms with Gasteiger partial charge in [-0.15, -0.1) is 11.3 Å². The first-order chi connectivity index (χ1) is 24.9. The van der Waals surface area contributed by atoms with Gasteiger partial charge in [0.05, 0.1) is 23.5 Å². The summed E-state index contributed by atoms with van der Waals surface area (Å²) in [4.78, 5) is 45.0. The summed E-state index contributed by atoms with van der Waals surface area (Å²) in [7, 11) is 3.07. The summed E-state index contributed by atoms with van der Waals surface area (Å²) in [6, 6.07) is 11.8. The van der Waals surface area contributed by atoms with Gasteiger partial charge in [-0.2, -0.15) is 5.10 Å². The molecule has 5 heterocycles. The van der Waals surface area contributed by atoms with E-state index in [1.807, 2.05) is 21.9 Å². The van der Waals surface area contributed by atoms with Gasteiger partial charge in [0.2, 0.25) is 5.91 Å². The van der Waals surface area contributed by atoms with Crippen molar-refractivity contribution in [3.63, 3.8) is 0 Å². The fraction of sp³-hybridized carbons (Fsp3) is 0.333. The van der Waals surface area contributed by atoms with Gasteiger partial charge < -0.3 is 24.4 Å². The highest BCUT2D eigenvalue weighted by Crippen LogP contribution is 2.34. The van der Waals surface area contributed by atoms with Crippen LogP contribution in [0.25, 0.3) is 38.4 Å². The molecule has 7 rings (SSSR count). The summed E-state index contributed by atoms with van der Waals surface area (Å²) in [5.41, 5.74) is 2.53. The van der Waals surface area contributed by atoms with Crippen LogP contribution >= 0.6 is 11.3 Å². The van der Waals surface area contributed by atoms with Crippen LogP contribution in [0.15, 0.2) is 67.1 Å². The molecule has 2 aromatic carbocycles. The maximum atomic E-state index is 14.4. The number of hydrogen-bond donors (Lipinski definition) is 2. The van der Waals surface area contributed by atoms with Crippen LogP contribution in [0.4, 0.5) is 10.1 Å². The van der Waals surface area contributed by atoms with E-state index in [2.05, 4.69) is 36.5 Å². The molecule has 0 unspecified atom stereocenters. The molecule has 0 radical (unpaired) electrons. The second-order valence-electron chi connectivity index (χ2n) is 12.4. The van der Waals surface area contributed by atoms with Crippen molar-refractivity contribution in [2.24, 2.45) is 0 Å². The van der Waals surface area contributed by atoms with Crippen molar-refractivity contribution in [2.45, 2.75) is 18.4 Å². The average molecular weight is 713 g/mol. The number of nitrogens with one attached hydrogen (secondary N) is 2. The van der Waals surface area contributed by atoms with Crippen LogP contribution in [0.5, 0.6) is 5.75 Å². The first kappa shape index (κ1) is 34.4. The number of carbonyl (C=O) groups excluding carboxylic acids is 2. The Labute approximate surface area is 297 Å². The van der Waals surface area contributed by atoms with E-state index in [-0.39, 0.29) is 37.3 Å². The Bertz CT molecular complexity index is 2070. The minimum atomic E-state index is -1.13. The number of carbonyl (C=O) groups is 2. The highest BCUT2D eigenvalue weighted by atomic mass is 32.1. The second kappa shape index (κ2) is 15.0. The van der Waals surface area contributed by atoms with Gasteiger partial charge in [0.1, 0.15) is 17.3 Å². The zero-order valence-corrected chi connectivity index (χ0v) is 29.0. The van der Waals surface area contributed by atoms with E-state index < -0.39 is 11.4 Å². The smallest absolute Gasteiger partial charge is 0.258 e. The highest BCUT2D eigenvalue weighted by molar-refractivity contribution is 7.16. The van der Waals surface area contributed by atoms with Crippen molar-refractivity contribution in [3.05, 3.63) is 78.0 Å². The monoisotopic (exact) mass is 712 g/mol. The number of H-pyrrole nitrogens is 1. The number of anilines is 1. The van der Waals surface area contributed by atoms with E-state index in [1.54, 1.807) is 61.3 Å². The van der Waals surface area contributed by atoms with Crippen LogP contribution in [0.1, 0.15) is 17.8 Å². The third kappa shape index (κ3) is 7.37. The number of likely N-dealkylation sites (tertiary alicyclic amines) is 1. The van der Waals surface area contributed by atoms with Gasteiger partial charge in [-0.25, -0.2) is 19.3 Å². The molecule has 5 aromatic rings. The molecule has 1 fully saturated rings. The van der Waals surface area contributed by atoms with Crippen molar-refractivity contribution >= 4 is 45.3 Å². The fourth-order valence-electron chi connectivity index (χ4n) is 6.32. The second-order valence-corrected chi connectivity index (χ2v) is 13.4. The molecular weight excluding hydrogens is 676 g/mol. The van der Waals surface area contributed by atoms with E-state index in [9.17, 15) is 14.0 Å². The van der Waals surface area contributed by atoms with E-state index in [0.717, 1.165) is 26.4 Å². The predicted molar refractivity (Wildman–Crippen MR) is 191 cm³/mol. The molecule has 2 aliphatic rings. The summed E-state index contributed by atoms with van der Waals surface area (Å²) in [5.74, 6) is -0.0323. The lowest BCUT2D eigenvalue weighted by Crippen LogP contribution is -2.48. The number of fused-ring (bicyclic) bond motifs is 1. The van der Waals surface area contributed by atoms with Crippen LogP contribution < -0.4 is 10.1 Å². The number of halogens is 1. The molecule has 51 heavy (non-hydrogen) atoms. The average Bonchev–Trinajstić information content (AvgIpc) is 3.92. The van der Waals surface area contributed by atoms with Gasteiger partial charge in [-0.3, -0.25) is 19.6 Å². The van der Waals surface area contributed by atoms with E-state index >= 15 is 0 Å². The molecule has 1 atom stereocenters. The summed E-state index contributed by atoms with van der Waals surface area (Å²) in [6.07, 6.45) is 8.40. The number of rotatable bonds is 12. The first-order valence-electron chi connectivity index (χ1n) is 16.5. The van der Waals surface area contributed by atoms with Gasteiger partial charge in [0, 0.05) is 75.6 Å². The number of thiazole rings is 1. The van der Waals surface area contributed by atoms with Crippen LogP contribution in [0, 0.1) is 5.82 Å². The molecule has 13 nitrogen and oxygen atoms in total. The lowest BCUT2D eigenvalue weighted by Gasteiger charge is -2.29. The van der Waals surface area contributed by atoms with Crippen LogP contribution in [-0.2, 0) is 19.1 Å². The largest absolute Gasteiger partial charge is 0.488 e. The van der Waals surface area contributed by atoms with Crippen molar-refractivity contribution < 1.29 is 28.2 Å². The molecule has 2 amide bonds. The normalized spacial score (nSPS) is 17.9. The number of aromatic nitrogens is 5. The Morgan fingerprint density at radius 3 is 2.73 bits per heavy atom. The van der Waals surface area contributed by atoms with Crippen molar-refractivity contribution in [2.75, 3.05) is 65.5 Å². The number of hydrogen-bond acceptors (Lipinski definition) is 11. The summed E-state index contributed by atoms with van der Waals surface area (Å²) in [5, 5.41) is 12.1. The Hall–Kier alpha value is -5.09. The molecule has 0 saturated carbocycles.